The lowest BCUT2D eigenvalue weighted by Crippen LogP contribution is -2.37. The minimum atomic E-state index is 0.661. The summed E-state index contributed by atoms with van der Waals surface area (Å²) in [6.45, 7) is 77.6. The molecule has 10 aliphatic carbocycles. The lowest BCUT2D eigenvalue weighted by Gasteiger charge is -2.47. The maximum absolute atomic E-state index is 2.44. The van der Waals surface area contributed by atoms with E-state index in [0.717, 1.165) is 135 Å². The van der Waals surface area contributed by atoms with E-state index in [2.05, 4.69) is 228 Å². The van der Waals surface area contributed by atoms with Gasteiger partial charge in [-0.1, -0.05) is 267 Å². The molecule has 504 valence electrons. The molecule has 0 aromatic rings. The van der Waals surface area contributed by atoms with Crippen molar-refractivity contribution in [2.24, 2.45) is 157 Å². The maximum Gasteiger partial charge on any atom is -0.0303 e. The number of hydrogen-bond acceptors (Lipinski definition) is 0. The second-order valence-corrected chi connectivity index (χ2v) is 39.0. The highest BCUT2D eigenvalue weighted by Gasteiger charge is 2.41. The lowest BCUT2D eigenvalue weighted by atomic mass is 9.58. The molecule has 0 nitrogen and oxygen atoms in total. The average Bonchev–Trinajstić information content (AvgIpc) is 3.76. The summed E-state index contributed by atoms with van der Waals surface area (Å²) >= 11 is 0. The third-order valence-electron chi connectivity index (χ3n) is 26.8. The van der Waals surface area contributed by atoms with E-state index in [9.17, 15) is 0 Å². The van der Waals surface area contributed by atoms with Crippen molar-refractivity contribution in [1.82, 2.24) is 0 Å². The largest absolute Gasteiger partial charge is 0.0625 e. The summed E-state index contributed by atoms with van der Waals surface area (Å²) in [6, 6.07) is 0. The van der Waals surface area contributed by atoms with Gasteiger partial charge in [-0.3, -0.25) is 0 Å². The summed E-state index contributed by atoms with van der Waals surface area (Å²) in [5.41, 5.74) is 4.15. The Labute approximate surface area is 536 Å². The van der Waals surface area contributed by atoms with E-state index in [1.165, 1.54) is 154 Å². The predicted octanol–water partition coefficient (Wildman–Crippen LogP) is 28.9. The van der Waals surface area contributed by atoms with Crippen LogP contribution < -0.4 is 0 Å². The van der Waals surface area contributed by atoms with Crippen LogP contribution in [0.4, 0.5) is 0 Å². The molecule has 10 aliphatic rings. The molecule has 0 heterocycles. The van der Waals surface area contributed by atoms with Crippen LogP contribution in [0.5, 0.6) is 0 Å². The van der Waals surface area contributed by atoms with Crippen molar-refractivity contribution >= 4 is 0 Å². The second-order valence-electron chi connectivity index (χ2n) is 39.0. The quantitative estimate of drug-likeness (QED) is 0.205. The minimum absolute atomic E-state index is 0.661. The fourth-order valence-corrected chi connectivity index (χ4v) is 16.6. The lowest BCUT2D eigenvalue weighted by molar-refractivity contribution is 0.0330. The molecular formula is C84H168. The van der Waals surface area contributed by atoms with Crippen LogP contribution in [0, 0.1) is 157 Å². The van der Waals surface area contributed by atoms with Crippen molar-refractivity contribution in [1.29, 1.82) is 0 Å². The fourth-order valence-electron chi connectivity index (χ4n) is 16.6. The summed E-state index contributed by atoms with van der Waals surface area (Å²) in [4.78, 5) is 0. The fraction of sp³-hybridized carbons (Fsp3) is 1.00. The van der Waals surface area contributed by atoms with Crippen LogP contribution in [-0.2, 0) is 0 Å². The molecule has 0 saturated heterocycles. The van der Waals surface area contributed by atoms with E-state index < -0.39 is 0 Å². The number of rotatable bonds is 10. The first-order valence-corrected chi connectivity index (χ1v) is 38.3. The minimum Gasteiger partial charge on any atom is -0.0625 e. The van der Waals surface area contributed by atoms with Crippen molar-refractivity contribution in [3.05, 3.63) is 0 Å². The van der Waals surface area contributed by atoms with E-state index in [1.807, 2.05) is 0 Å². The Bertz CT molecular complexity index is 1520. The zero-order chi connectivity index (χ0) is 65.1. The Morgan fingerprint density at radius 2 is 0.536 bits per heavy atom. The van der Waals surface area contributed by atoms with Gasteiger partial charge in [0.05, 0.1) is 0 Å². The molecule has 84 heavy (non-hydrogen) atoms. The SMILES string of the molecule is CC(C)C1(C)CCC1.CC(C)C1(C)CCC1.CC(C)C1(C)CCCC1.CC(C)C1CC(C)(C)C1.CC(C)C1CC(C)(C)C1.CC(C)C1CCC1(C)C.CC(C)C1CCC1C.CC(C)C1CCC1C.CC1CC(C(C)C)C1.CC1CC(C(C)C)C1. The van der Waals surface area contributed by atoms with Crippen molar-refractivity contribution in [2.45, 2.75) is 383 Å². The molecule has 0 aromatic heterocycles. The summed E-state index contributed by atoms with van der Waals surface area (Å²) in [6.07, 6.45) is 35.2. The summed E-state index contributed by atoms with van der Waals surface area (Å²) in [5.74, 6) is 20.5. The van der Waals surface area contributed by atoms with Crippen molar-refractivity contribution in [2.75, 3.05) is 0 Å². The molecular weight excluding hydrogens is 1010 g/mol. The van der Waals surface area contributed by atoms with E-state index in [4.69, 9.17) is 0 Å². The number of hydrogen-bond donors (Lipinski definition) is 0. The predicted molar refractivity (Wildman–Crippen MR) is 386 cm³/mol. The summed E-state index contributed by atoms with van der Waals surface area (Å²) in [5, 5.41) is 0. The van der Waals surface area contributed by atoms with Crippen LogP contribution in [-0.4, -0.2) is 0 Å². The molecule has 0 radical (unpaired) electrons. The van der Waals surface area contributed by atoms with Gasteiger partial charge in [-0.25, -0.2) is 0 Å². The van der Waals surface area contributed by atoms with Crippen LogP contribution in [0.25, 0.3) is 0 Å². The average molecular weight is 1180 g/mol. The molecule has 0 spiro atoms. The molecule has 0 aliphatic heterocycles. The standard InChI is InChI=1S/4C9H18.6C8H16/c2*1-7(2)8-5-9(3,4)6-8;1-7(2)8-5-6-9(8,3)4;1-8(2)9(3)6-4-5-7-9;2*1-6(2)8-4-7(3)5-8;2*1-7(2)8(3)5-4-6-8;2*1-6(2)8-5-4-7(8)3/h3*7-8H,5-6H2,1-4H3;8H,4-7H2,1-3H3;2*6-8H,4-5H2,1-3H3;2*7H,4-6H2,1-3H3;2*6-8H,4-5H2,1-3H3. The van der Waals surface area contributed by atoms with Crippen LogP contribution >= 0.6 is 0 Å². The molecule has 0 bridgehead atoms. The van der Waals surface area contributed by atoms with E-state index in [-0.39, 0.29) is 0 Å². The van der Waals surface area contributed by atoms with Crippen molar-refractivity contribution < 1.29 is 0 Å². The maximum atomic E-state index is 2.44. The Morgan fingerprint density at radius 3 is 0.583 bits per heavy atom. The molecule has 0 heteroatoms. The first-order chi connectivity index (χ1) is 38.3. The van der Waals surface area contributed by atoms with Crippen LogP contribution in [0.3, 0.4) is 0 Å². The van der Waals surface area contributed by atoms with Gasteiger partial charge in [0, 0.05) is 0 Å². The summed E-state index contributed by atoms with van der Waals surface area (Å²) < 4.78 is 0. The Kier molecular flexibility index (Phi) is 36.0. The van der Waals surface area contributed by atoms with Gasteiger partial charge in [-0.15, -0.1) is 0 Å². The van der Waals surface area contributed by atoms with Gasteiger partial charge in [-0.2, -0.15) is 0 Å². The monoisotopic (exact) mass is 1180 g/mol. The first kappa shape index (κ1) is 82.0. The Balaban J connectivity index is 0.000000467. The second kappa shape index (κ2) is 36.9. The highest BCUT2D eigenvalue weighted by molar-refractivity contribution is 4.92. The van der Waals surface area contributed by atoms with Gasteiger partial charge in [-0.05, 0) is 272 Å². The molecule has 5 unspecified atom stereocenters. The van der Waals surface area contributed by atoms with Gasteiger partial charge in [0.25, 0.3) is 0 Å². The highest BCUT2D eigenvalue weighted by Crippen LogP contribution is 2.52. The molecule has 0 aromatic carbocycles. The van der Waals surface area contributed by atoms with E-state index in [0.29, 0.717) is 21.7 Å². The molecule has 10 saturated carbocycles. The topological polar surface area (TPSA) is 0 Å². The van der Waals surface area contributed by atoms with Crippen molar-refractivity contribution in [3.63, 3.8) is 0 Å². The van der Waals surface area contributed by atoms with Crippen LogP contribution in [0.15, 0.2) is 0 Å². The molecule has 0 amide bonds. The zero-order valence-corrected chi connectivity index (χ0v) is 65.1. The van der Waals surface area contributed by atoms with Crippen LogP contribution in [0.2, 0.25) is 0 Å². The third-order valence-corrected chi connectivity index (χ3v) is 26.8. The van der Waals surface area contributed by atoms with Crippen LogP contribution in [0.1, 0.15) is 383 Å². The third kappa shape index (κ3) is 28.7. The Morgan fingerprint density at radius 1 is 0.274 bits per heavy atom. The zero-order valence-electron chi connectivity index (χ0n) is 65.1. The molecule has 10 rings (SSSR count). The first-order valence-electron chi connectivity index (χ1n) is 38.3. The van der Waals surface area contributed by atoms with Gasteiger partial charge in [0.1, 0.15) is 0 Å². The highest BCUT2D eigenvalue weighted by atomic mass is 14.5. The van der Waals surface area contributed by atoms with E-state index >= 15 is 0 Å². The normalized spacial score (nSPS) is 31.0. The molecule has 0 N–H and O–H groups in total. The van der Waals surface area contributed by atoms with Gasteiger partial charge in [0.15, 0.2) is 0 Å². The summed E-state index contributed by atoms with van der Waals surface area (Å²) in [7, 11) is 0. The molecule has 10 fully saturated rings. The van der Waals surface area contributed by atoms with E-state index in [1.54, 1.807) is 0 Å². The Hall–Kier alpha value is 0. The van der Waals surface area contributed by atoms with Gasteiger partial charge >= 0.3 is 0 Å². The van der Waals surface area contributed by atoms with Gasteiger partial charge < -0.3 is 0 Å². The molecule has 5 atom stereocenters. The van der Waals surface area contributed by atoms with Crippen molar-refractivity contribution in [3.8, 4) is 0 Å². The smallest absolute Gasteiger partial charge is 0.0303 e. The van der Waals surface area contributed by atoms with Gasteiger partial charge in [0.2, 0.25) is 0 Å².